The lowest BCUT2D eigenvalue weighted by molar-refractivity contribution is -0.122. The van der Waals surface area contributed by atoms with Crippen LogP contribution in [-0.2, 0) is 9.53 Å². The minimum absolute atomic E-state index is 0.0999. The van der Waals surface area contributed by atoms with Crippen molar-refractivity contribution in [3.63, 3.8) is 0 Å². The van der Waals surface area contributed by atoms with E-state index in [0.717, 1.165) is 6.42 Å². The number of nitrogens with one attached hydrogen (secondary N) is 3. The highest BCUT2D eigenvalue weighted by molar-refractivity contribution is 5.82. The van der Waals surface area contributed by atoms with Crippen LogP contribution in [0.4, 0.5) is 26.6 Å². The summed E-state index contributed by atoms with van der Waals surface area (Å²) in [5, 5.41) is 9.05. The molecule has 10 nitrogen and oxygen atoms in total. The molecule has 2 aromatic rings. The Bertz CT molecular complexity index is 1170. The summed E-state index contributed by atoms with van der Waals surface area (Å²) in [4.78, 5) is 37.9. The Morgan fingerprint density at radius 2 is 1.89 bits per heavy atom. The molecule has 0 aliphatic heterocycles. The minimum Gasteiger partial charge on any atom is -0.444 e. The fourth-order valence-corrected chi connectivity index (χ4v) is 3.01. The number of pyridine rings is 1. The average Bonchev–Trinajstić information content (AvgIpc) is 2.81. The molecular formula is C27H38FN7O3. The molecule has 0 aromatic carbocycles. The van der Waals surface area contributed by atoms with Gasteiger partial charge in [-0.15, -0.1) is 0 Å². The van der Waals surface area contributed by atoms with E-state index in [1.165, 1.54) is 24.2 Å². The number of hydrogen-bond acceptors (Lipinski definition) is 8. The Kier molecular flexibility index (Phi) is 10.8. The number of carbonyl (C=O) groups is 2. The van der Waals surface area contributed by atoms with Gasteiger partial charge in [0.1, 0.15) is 18.0 Å². The Morgan fingerprint density at radius 1 is 1.16 bits per heavy atom. The van der Waals surface area contributed by atoms with Crippen molar-refractivity contribution in [2.75, 3.05) is 37.3 Å². The van der Waals surface area contributed by atoms with Crippen molar-refractivity contribution in [1.82, 2.24) is 25.2 Å². The van der Waals surface area contributed by atoms with Gasteiger partial charge in [-0.05, 0) is 53.5 Å². The topological polar surface area (TPSA) is 121 Å². The zero-order valence-corrected chi connectivity index (χ0v) is 23.2. The molecule has 0 fully saturated rings. The number of nitrogens with zero attached hydrogens (tertiary/aromatic N) is 4. The third-order valence-corrected chi connectivity index (χ3v) is 5.01. The first-order valence-corrected chi connectivity index (χ1v) is 12.5. The number of ether oxygens (including phenoxy) is 1. The molecule has 0 bridgehead atoms. The van der Waals surface area contributed by atoms with E-state index in [2.05, 4.69) is 42.7 Å². The lowest BCUT2D eigenvalue weighted by atomic mass is 9.90. The summed E-state index contributed by atoms with van der Waals surface area (Å²) < 4.78 is 18.7. The smallest absolute Gasteiger partial charge is 0.410 e. The normalized spacial score (nSPS) is 11.2. The highest BCUT2D eigenvalue weighted by Crippen LogP contribution is 2.21. The summed E-state index contributed by atoms with van der Waals surface area (Å²) in [6, 6.07) is 2.88. The predicted octanol–water partition coefficient (Wildman–Crippen LogP) is 4.33. The molecule has 0 aliphatic carbocycles. The molecular weight excluding hydrogens is 489 g/mol. The van der Waals surface area contributed by atoms with Gasteiger partial charge in [-0.3, -0.25) is 4.79 Å². The van der Waals surface area contributed by atoms with Gasteiger partial charge in [0.2, 0.25) is 17.8 Å². The van der Waals surface area contributed by atoms with E-state index in [1.807, 2.05) is 20.8 Å². The Balaban J connectivity index is 1.99. The number of amides is 2. The molecule has 2 aromatic heterocycles. The largest absolute Gasteiger partial charge is 0.444 e. The van der Waals surface area contributed by atoms with Gasteiger partial charge in [-0.1, -0.05) is 18.8 Å². The zero-order chi connectivity index (χ0) is 28.3. The number of likely N-dealkylation sites (N-methyl/N-ethyl adjacent to an activating group) is 1. The van der Waals surface area contributed by atoms with Crippen LogP contribution >= 0.6 is 0 Å². The molecule has 0 saturated carbocycles. The van der Waals surface area contributed by atoms with Crippen LogP contribution in [0, 0.1) is 23.2 Å². The van der Waals surface area contributed by atoms with Gasteiger partial charge in [0.05, 0.1) is 11.8 Å². The summed E-state index contributed by atoms with van der Waals surface area (Å²) in [6.07, 6.45) is 3.90. The first-order chi connectivity index (χ1) is 17.8. The first kappa shape index (κ1) is 30.3. The van der Waals surface area contributed by atoms with Crippen molar-refractivity contribution in [2.45, 2.75) is 60.0 Å². The van der Waals surface area contributed by atoms with Crippen molar-refractivity contribution in [3.8, 4) is 11.8 Å². The molecule has 0 saturated heterocycles. The number of anilines is 3. The van der Waals surface area contributed by atoms with E-state index in [0.29, 0.717) is 42.5 Å². The second-order valence-corrected chi connectivity index (χ2v) is 10.4. The molecule has 3 N–H and O–H groups in total. The lowest BCUT2D eigenvalue weighted by Crippen LogP contribution is -2.41. The van der Waals surface area contributed by atoms with E-state index in [1.54, 1.807) is 33.0 Å². The SMILES string of the molecule is CCCNc1nc(Nc2ccnc(F)c2)ncc1C#CC(C)(C)CCNC(=O)CN(C)C(=O)OC(C)(C)C. The fourth-order valence-electron chi connectivity index (χ4n) is 3.01. The summed E-state index contributed by atoms with van der Waals surface area (Å²) >= 11 is 0. The van der Waals surface area contributed by atoms with Gasteiger partial charge in [-0.2, -0.15) is 9.37 Å². The van der Waals surface area contributed by atoms with Crippen molar-refractivity contribution in [2.24, 2.45) is 5.41 Å². The second kappa shape index (κ2) is 13.6. The van der Waals surface area contributed by atoms with Crippen molar-refractivity contribution < 1.29 is 18.7 Å². The maximum absolute atomic E-state index is 13.4. The zero-order valence-electron chi connectivity index (χ0n) is 23.2. The quantitative estimate of drug-likeness (QED) is 0.308. The molecule has 206 valence electrons. The van der Waals surface area contributed by atoms with Crippen LogP contribution in [0.2, 0.25) is 0 Å². The Morgan fingerprint density at radius 3 is 2.55 bits per heavy atom. The van der Waals surface area contributed by atoms with E-state index in [-0.39, 0.29) is 12.5 Å². The first-order valence-electron chi connectivity index (χ1n) is 12.5. The number of hydrogen-bond donors (Lipinski definition) is 3. The molecule has 0 unspecified atom stereocenters. The monoisotopic (exact) mass is 527 g/mol. The molecule has 11 heteroatoms. The lowest BCUT2D eigenvalue weighted by Gasteiger charge is -2.24. The van der Waals surface area contributed by atoms with Gasteiger partial charge in [0.25, 0.3) is 0 Å². The highest BCUT2D eigenvalue weighted by Gasteiger charge is 2.21. The van der Waals surface area contributed by atoms with Gasteiger partial charge < -0.3 is 25.6 Å². The highest BCUT2D eigenvalue weighted by atomic mass is 19.1. The van der Waals surface area contributed by atoms with Gasteiger partial charge in [0.15, 0.2) is 0 Å². The third-order valence-electron chi connectivity index (χ3n) is 5.01. The van der Waals surface area contributed by atoms with Crippen molar-refractivity contribution >= 4 is 29.5 Å². The Labute approximate surface area is 224 Å². The molecule has 2 heterocycles. The number of carbonyl (C=O) groups excluding carboxylic acids is 2. The van der Waals surface area contributed by atoms with Crippen molar-refractivity contribution in [1.29, 1.82) is 0 Å². The fraction of sp³-hybridized carbons (Fsp3) is 0.519. The third kappa shape index (κ3) is 11.0. The van der Waals surface area contributed by atoms with Crippen LogP contribution in [-0.4, -0.2) is 64.1 Å². The number of halogens is 1. The van der Waals surface area contributed by atoms with Crippen molar-refractivity contribution in [3.05, 3.63) is 36.0 Å². The van der Waals surface area contributed by atoms with Crippen LogP contribution in [0.25, 0.3) is 0 Å². The van der Waals surface area contributed by atoms with Crippen LogP contribution in [0.15, 0.2) is 24.5 Å². The van der Waals surface area contributed by atoms with E-state index < -0.39 is 23.1 Å². The van der Waals surface area contributed by atoms with Crippen LogP contribution in [0.1, 0.15) is 59.9 Å². The van der Waals surface area contributed by atoms with E-state index in [4.69, 9.17) is 4.74 Å². The second-order valence-electron chi connectivity index (χ2n) is 10.4. The molecule has 0 spiro atoms. The minimum atomic E-state index is -0.628. The maximum Gasteiger partial charge on any atom is 0.410 e. The Hall–Kier alpha value is -3.94. The van der Waals surface area contributed by atoms with E-state index >= 15 is 0 Å². The number of rotatable bonds is 10. The molecule has 38 heavy (non-hydrogen) atoms. The van der Waals surface area contributed by atoms with Gasteiger partial charge in [-0.25, -0.2) is 14.8 Å². The van der Waals surface area contributed by atoms with Crippen LogP contribution < -0.4 is 16.0 Å². The molecule has 0 aliphatic rings. The average molecular weight is 528 g/mol. The van der Waals surface area contributed by atoms with E-state index in [9.17, 15) is 14.0 Å². The standard InChI is InChI=1S/C27H38FN7O3/c1-8-13-31-23-19(17-32-24(34-23)33-20-10-14-29-21(28)16-20)9-11-27(5,6)12-15-30-22(36)18-35(7)25(37)38-26(2,3)4/h10,14,16-17H,8,12-13,15,18H2,1-7H3,(H,30,36)(H2,29,31,32,33,34). The number of aromatic nitrogens is 3. The molecule has 2 amide bonds. The van der Waals surface area contributed by atoms with Gasteiger partial charge >= 0.3 is 6.09 Å². The van der Waals surface area contributed by atoms with Crippen LogP contribution in [0.3, 0.4) is 0 Å². The molecule has 0 atom stereocenters. The van der Waals surface area contributed by atoms with Gasteiger partial charge in [0, 0.05) is 43.5 Å². The maximum atomic E-state index is 13.4. The summed E-state index contributed by atoms with van der Waals surface area (Å²) in [6.45, 7) is 12.3. The summed E-state index contributed by atoms with van der Waals surface area (Å²) in [7, 11) is 1.52. The predicted molar refractivity (Wildman–Crippen MR) is 145 cm³/mol. The van der Waals surface area contributed by atoms with Crippen LogP contribution in [0.5, 0.6) is 0 Å². The summed E-state index contributed by atoms with van der Waals surface area (Å²) in [5.41, 5.74) is 0.0640. The summed E-state index contributed by atoms with van der Waals surface area (Å²) in [5.74, 6) is 6.39. The molecule has 2 rings (SSSR count). The molecule has 0 radical (unpaired) electrons.